The Labute approximate surface area is 210 Å². The van der Waals surface area contributed by atoms with Gasteiger partial charge < -0.3 is 9.64 Å². The second kappa shape index (κ2) is 11.0. The Kier molecular flexibility index (Phi) is 7.87. The van der Waals surface area contributed by atoms with E-state index < -0.39 is 0 Å². The zero-order valence-electron chi connectivity index (χ0n) is 21.5. The van der Waals surface area contributed by atoms with E-state index in [0.717, 1.165) is 42.8 Å². The quantitative estimate of drug-likeness (QED) is 0.326. The second-order valence-corrected chi connectivity index (χ2v) is 10.5. The first-order chi connectivity index (χ1) is 16.8. The first-order valence-corrected chi connectivity index (χ1v) is 12.7. The fourth-order valence-corrected chi connectivity index (χ4v) is 4.60. The number of rotatable bonds is 8. The topological polar surface area (TPSA) is 29.5 Å². The summed E-state index contributed by atoms with van der Waals surface area (Å²) < 4.78 is 6.08. The normalized spacial score (nSPS) is 14.3. The summed E-state index contributed by atoms with van der Waals surface area (Å²) in [5, 5.41) is 0. The van der Waals surface area contributed by atoms with E-state index in [0.29, 0.717) is 13.0 Å². The Bertz CT molecular complexity index is 1140. The number of carbonyl (C=O) groups excluding carboxylic acids is 1. The maximum atomic E-state index is 12.6. The van der Waals surface area contributed by atoms with Gasteiger partial charge in [-0.15, -0.1) is 0 Å². The van der Waals surface area contributed by atoms with Crippen molar-refractivity contribution in [2.75, 3.05) is 20.1 Å². The number of nitrogens with zero attached hydrogens (tertiary/aromatic N) is 1. The fraction of sp³-hybridized carbons (Fsp3) is 0.344. The molecule has 0 saturated carbocycles. The molecule has 0 bridgehead atoms. The van der Waals surface area contributed by atoms with Gasteiger partial charge in [-0.1, -0.05) is 93.6 Å². The van der Waals surface area contributed by atoms with E-state index in [-0.39, 0.29) is 11.2 Å². The van der Waals surface area contributed by atoms with Gasteiger partial charge in [0.15, 0.2) is 5.78 Å². The zero-order chi connectivity index (χ0) is 24.8. The van der Waals surface area contributed by atoms with Crippen LogP contribution in [0.3, 0.4) is 0 Å². The first-order valence-electron chi connectivity index (χ1n) is 12.7. The van der Waals surface area contributed by atoms with Crippen LogP contribution in [0.1, 0.15) is 72.6 Å². The van der Waals surface area contributed by atoms with E-state index in [1.165, 1.54) is 22.3 Å². The number of carbonyl (C=O) groups is 1. The van der Waals surface area contributed by atoms with Crippen LogP contribution >= 0.6 is 0 Å². The van der Waals surface area contributed by atoms with E-state index in [1.54, 1.807) is 0 Å². The summed E-state index contributed by atoms with van der Waals surface area (Å²) in [5.41, 5.74) is 7.06. The van der Waals surface area contributed by atoms with E-state index in [2.05, 4.69) is 93.4 Å². The molecule has 3 heteroatoms. The predicted molar refractivity (Wildman–Crippen MR) is 145 cm³/mol. The zero-order valence-corrected chi connectivity index (χ0v) is 21.5. The average molecular weight is 468 g/mol. The second-order valence-electron chi connectivity index (χ2n) is 10.5. The van der Waals surface area contributed by atoms with Gasteiger partial charge in [0.25, 0.3) is 0 Å². The SMILES string of the molecule is CN(CCC=C1c2ccccc2COc2ccccc21)CCCC(=O)c1ccc(C(C)(C)C)cc1. The van der Waals surface area contributed by atoms with Crippen molar-refractivity contribution >= 4 is 11.4 Å². The number of ether oxygens (including phenoxy) is 1. The van der Waals surface area contributed by atoms with E-state index in [1.807, 2.05) is 18.2 Å². The summed E-state index contributed by atoms with van der Waals surface area (Å²) in [6.45, 7) is 9.02. The minimum atomic E-state index is 0.105. The third kappa shape index (κ3) is 6.29. The van der Waals surface area contributed by atoms with Gasteiger partial charge >= 0.3 is 0 Å². The molecular formula is C32H37NO2. The third-order valence-corrected chi connectivity index (χ3v) is 6.74. The lowest BCUT2D eigenvalue weighted by atomic mass is 9.86. The molecule has 3 nitrogen and oxygen atoms in total. The van der Waals surface area contributed by atoms with Gasteiger partial charge in [-0.2, -0.15) is 0 Å². The minimum absolute atomic E-state index is 0.105. The van der Waals surface area contributed by atoms with Crippen LogP contribution in [0.5, 0.6) is 5.75 Å². The average Bonchev–Trinajstić information content (AvgIpc) is 3.01. The molecule has 35 heavy (non-hydrogen) atoms. The molecule has 0 fully saturated rings. The molecular weight excluding hydrogens is 430 g/mol. The summed E-state index contributed by atoms with van der Waals surface area (Å²) in [4.78, 5) is 15.0. The van der Waals surface area contributed by atoms with Crippen molar-refractivity contribution in [3.63, 3.8) is 0 Å². The molecule has 0 radical (unpaired) electrons. The van der Waals surface area contributed by atoms with E-state index in [4.69, 9.17) is 4.74 Å². The Balaban J connectivity index is 1.32. The minimum Gasteiger partial charge on any atom is -0.488 e. The number of ketones is 1. The molecule has 0 saturated heterocycles. The molecule has 3 aromatic rings. The molecule has 1 aliphatic heterocycles. The van der Waals surface area contributed by atoms with Gasteiger partial charge in [-0.3, -0.25) is 4.79 Å². The number of benzene rings is 3. The number of hydrogen-bond acceptors (Lipinski definition) is 3. The number of fused-ring (bicyclic) bond motifs is 2. The summed E-state index contributed by atoms with van der Waals surface area (Å²) in [5.74, 6) is 1.17. The van der Waals surface area contributed by atoms with Gasteiger partial charge in [0.1, 0.15) is 12.4 Å². The lowest BCUT2D eigenvalue weighted by molar-refractivity contribution is 0.0976. The van der Waals surface area contributed by atoms with E-state index >= 15 is 0 Å². The Morgan fingerprint density at radius 3 is 2.34 bits per heavy atom. The molecule has 1 heterocycles. The van der Waals surface area contributed by atoms with Crippen LogP contribution < -0.4 is 4.74 Å². The predicted octanol–water partition coefficient (Wildman–Crippen LogP) is 7.29. The monoisotopic (exact) mass is 467 g/mol. The maximum absolute atomic E-state index is 12.6. The number of hydrogen-bond donors (Lipinski definition) is 0. The van der Waals surface area contributed by atoms with Gasteiger partial charge in [0.2, 0.25) is 0 Å². The fourth-order valence-electron chi connectivity index (χ4n) is 4.60. The molecule has 0 N–H and O–H groups in total. The molecule has 0 amide bonds. The molecule has 4 rings (SSSR count). The highest BCUT2D eigenvalue weighted by atomic mass is 16.5. The molecule has 0 aliphatic carbocycles. The smallest absolute Gasteiger partial charge is 0.162 e. The summed E-state index contributed by atoms with van der Waals surface area (Å²) in [7, 11) is 2.14. The molecule has 0 atom stereocenters. The Hall–Kier alpha value is -3.17. The third-order valence-electron chi connectivity index (χ3n) is 6.74. The summed E-state index contributed by atoms with van der Waals surface area (Å²) >= 11 is 0. The van der Waals surface area contributed by atoms with E-state index in [9.17, 15) is 4.79 Å². The van der Waals surface area contributed by atoms with Crippen LogP contribution in [-0.4, -0.2) is 30.8 Å². The van der Waals surface area contributed by atoms with Gasteiger partial charge in [0.05, 0.1) is 0 Å². The first kappa shape index (κ1) is 24.9. The highest BCUT2D eigenvalue weighted by molar-refractivity contribution is 5.96. The standard InChI is InChI=1S/C32H37NO2/c1-32(2,3)26-19-17-24(18-20-26)30(34)15-10-22-33(4)21-9-14-28-27-12-6-5-11-25(27)23-35-31-16-8-7-13-29(28)31/h5-8,11-14,16-20H,9-10,15,21-23H2,1-4H3. The largest absolute Gasteiger partial charge is 0.488 e. The summed E-state index contributed by atoms with van der Waals surface area (Å²) in [6.07, 6.45) is 4.73. The molecule has 3 aromatic carbocycles. The van der Waals surface area contributed by atoms with Gasteiger partial charge in [-0.05, 0) is 60.2 Å². The van der Waals surface area contributed by atoms with Crippen molar-refractivity contribution in [3.05, 3.63) is 107 Å². The van der Waals surface area contributed by atoms with Crippen molar-refractivity contribution in [3.8, 4) is 5.75 Å². The van der Waals surface area contributed by atoms with Crippen LogP contribution in [-0.2, 0) is 12.0 Å². The van der Waals surface area contributed by atoms with Crippen LogP contribution in [0.2, 0.25) is 0 Å². The van der Waals surface area contributed by atoms with Gasteiger partial charge in [0, 0.05) is 24.1 Å². The van der Waals surface area contributed by atoms with Crippen LogP contribution in [0.15, 0.2) is 78.9 Å². The molecule has 1 aliphatic rings. The summed E-state index contributed by atoms with van der Waals surface area (Å²) in [6, 6.07) is 24.9. The highest BCUT2D eigenvalue weighted by Crippen LogP contribution is 2.36. The highest BCUT2D eigenvalue weighted by Gasteiger charge is 2.18. The van der Waals surface area contributed by atoms with Crippen LogP contribution in [0.4, 0.5) is 0 Å². The molecule has 0 spiro atoms. The lowest BCUT2D eigenvalue weighted by Crippen LogP contribution is -2.21. The molecule has 0 aromatic heterocycles. The maximum Gasteiger partial charge on any atom is 0.162 e. The van der Waals surface area contributed by atoms with Crippen molar-refractivity contribution in [2.45, 2.75) is 52.1 Å². The van der Waals surface area contributed by atoms with Gasteiger partial charge in [-0.25, -0.2) is 0 Å². The van der Waals surface area contributed by atoms with Crippen molar-refractivity contribution in [2.24, 2.45) is 0 Å². The number of para-hydroxylation sites is 1. The van der Waals surface area contributed by atoms with Crippen LogP contribution in [0.25, 0.3) is 5.57 Å². The van der Waals surface area contributed by atoms with Crippen molar-refractivity contribution in [1.82, 2.24) is 4.90 Å². The molecule has 182 valence electrons. The van der Waals surface area contributed by atoms with Crippen molar-refractivity contribution in [1.29, 1.82) is 0 Å². The van der Waals surface area contributed by atoms with Crippen molar-refractivity contribution < 1.29 is 9.53 Å². The molecule has 0 unspecified atom stereocenters. The Morgan fingerprint density at radius 1 is 0.914 bits per heavy atom. The Morgan fingerprint density at radius 2 is 1.60 bits per heavy atom. The lowest BCUT2D eigenvalue weighted by Gasteiger charge is -2.19. The van der Waals surface area contributed by atoms with Crippen LogP contribution in [0, 0.1) is 0 Å². The number of Topliss-reactive ketones (excluding diaryl/α,β-unsaturated/α-hetero) is 1.